The minimum atomic E-state index is -0.425. The molecule has 3 rings (SSSR count). The molecule has 1 aliphatic heterocycles. The first-order chi connectivity index (χ1) is 15.7. The highest BCUT2D eigenvalue weighted by Crippen LogP contribution is 2.32. The van der Waals surface area contributed by atoms with Crippen LogP contribution < -0.4 is 20.9 Å². The third kappa shape index (κ3) is 6.68. The molecular formula is C24H31N5O4. The Labute approximate surface area is 193 Å². The molecule has 1 heterocycles. The molecular weight excluding hydrogens is 422 g/mol. The number of nitrogens with zero attached hydrogens (tertiary/aromatic N) is 2. The van der Waals surface area contributed by atoms with Gasteiger partial charge in [-0.05, 0) is 62.4 Å². The van der Waals surface area contributed by atoms with E-state index < -0.39 is 4.92 Å². The number of carbonyl (C=O) groups is 2. The second-order valence-corrected chi connectivity index (χ2v) is 8.76. The van der Waals surface area contributed by atoms with Gasteiger partial charge < -0.3 is 20.9 Å². The zero-order valence-electron chi connectivity index (χ0n) is 19.3. The van der Waals surface area contributed by atoms with E-state index in [1.54, 1.807) is 36.4 Å². The summed E-state index contributed by atoms with van der Waals surface area (Å²) in [5.74, 6) is 0.239. The van der Waals surface area contributed by atoms with Crippen molar-refractivity contribution >= 4 is 29.0 Å². The minimum Gasteiger partial charge on any atom is -0.366 e. The monoisotopic (exact) mass is 453 g/mol. The summed E-state index contributed by atoms with van der Waals surface area (Å²) in [4.78, 5) is 37.7. The maximum Gasteiger partial charge on any atom is 0.319 e. The van der Waals surface area contributed by atoms with Crippen LogP contribution in [0.15, 0.2) is 42.5 Å². The Morgan fingerprint density at radius 3 is 2.39 bits per heavy atom. The highest BCUT2D eigenvalue weighted by atomic mass is 16.6. The molecule has 2 aromatic carbocycles. The maximum absolute atomic E-state index is 12.6. The van der Waals surface area contributed by atoms with Crippen LogP contribution in [0.2, 0.25) is 0 Å². The fourth-order valence-electron chi connectivity index (χ4n) is 3.75. The molecule has 0 unspecified atom stereocenters. The number of nitro groups is 1. The summed E-state index contributed by atoms with van der Waals surface area (Å²) < 4.78 is 0. The number of hydrogen-bond acceptors (Lipinski definition) is 5. The Morgan fingerprint density at radius 1 is 1.12 bits per heavy atom. The molecule has 33 heavy (non-hydrogen) atoms. The van der Waals surface area contributed by atoms with Crippen molar-refractivity contribution in [3.8, 4) is 0 Å². The molecule has 2 aromatic rings. The Hall–Kier alpha value is -3.62. The lowest BCUT2D eigenvalue weighted by Crippen LogP contribution is -2.34. The normalized spacial score (nSPS) is 14.1. The van der Waals surface area contributed by atoms with Crippen LogP contribution in [-0.2, 0) is 6.54 Å². The fourth-order valence-corrected chi connectivity index (χ4v) is 3.75. The topological polar surface area (TPSA) is 117 Å². The summed E-state index contributed by atoms with van der Waals surface area (Å²) in [5.41, 5.74) is 2.24. The Morgan fingerprint density at radius 2 is 1.79 bits per heavy atom. The summed E-state index contributed by atoms with van der Waals surface area (Å²) in [6.07, 6.45) is 1.99. The van der Waals surface area contributed by atoms with Crippen molar-refractivity contribution in [3.63, 3.8) is 0 Å². The number of piperidine rings is 1. The first-order valence-electron chi connectivity index (χ1n) is 11.2. The van der Waals surface area contributed by atoms with Gasteiger partial charge in [-0.1, -0.05) is 19.1 Å². The zero-order chi connectivity index (χ0) is 24.0. The standard InChI is InChI=1S/C24H31N5O4/c1-16(2)26-24(31)27-20-7-4-18(5-8-20)15-25-23(30)19-6-9-21(22(14-19)29(32)33)28-12-10-17(3)11-13-28/h4-9,14,16-17H,10-13,15H2,1-3H3,(H,25,30)(H2,26,27,31). The van der Waals surface area contributed by atoms with E-state index in [2.05, 4.69) is 22.9 Å². The van der Waals surface area contributed by atoms with E-state index >= 15 is 0 Å². The second-order valence-electron chi connectivity index (χ2n) is 8.76. The maximum atomic E-state index is 12.6. The van der Waals surface area contributed by atoms with Gasteiger partial charge in [-0.2, -0.15) is 0 Å². The van der Waals surface area contributed by atoms with Gasteiger partial charge in [0.15, 0.2) is 0 Å². The van der Waals surface area contributed by atoms with Gasteiger partial charge >= 0.3 is 6.03 Å². The predicted octanol–water partition coefficient (Wildman–Crippen LogP) is 4.29. The van der Waals surface area contributed by atoms with Crippen molar-refractivity contribution in [2.24, 2.45) is 5.92 Å². The van der Waals surface area contributed by atoms with Gasteiger partial charge in [0.1, 0.15) is 5.69 Å². The molecule has 1 aliphatic rings. The highest BCUT2D eigenvalue weighted by molar-refractivity contribution is 5.95. The number of amides is 3. The molecule has 0 aliphatic carbocycles. The summed E-state index contributed by atoms with van der Waals surface area (Å²) in [5, 5.41) is 19.9. The highest BCUT2D eigenvalue weighted by Gasteiger charge is 2.24. The van der Waals surface area contributed by atoms with E-state index in [0.29, 0.717) is 17.3 Å². The van der Waals surface area contributed by atoms with Gasteiger partial charge in [0.2, 0.25) is 0 Å². The van der Waals surface area contributed by atoms with E-state index in [-0.39, 0.29) is 35.8 Å². The van der Waals surface area contributed by atoms with Gasteiger partial charge in [0.05, 0.1) is 4.92 Å². The van der Waals surface area contributed by atoms with Crippen molar-refractivity contribution in [3.05, 3.63) is 63.7 Å². The van der Waals surface area contributed by atoms with Crippen molar-refractivity contribution in [2.75, 3.05) is 23.3 Å². The van der Waals surface area contributed by atoms with Crippen molar-refractivity contribution in [1.29, 1.82) is 0 Å². The number of urea groups is 1. The van der Waals surface area contributed by atoms with E-state index in [0.717, 1.165) is 31.5 Å². The number of anilines is 2. The molecule has 0 spiro atoms. The molecule has 9 heteroatoms. The number of carbonyl (C=O) groups excluding carboxylic acids is 2. The van der Waals surface area contributed by atoms with Gasteiger partial charge in [0.25, 0.3) is 11.6 Å². The number of benzene rings is 2. The summed E-state index contributed by atoms with van der Waals surface area (Å²) in [6.45, 7) is 7.75. The molecule has 3 N–H and O–H groups in total. The quantitative estimate of drug-likeness (QED) is 0.427. The Balaban J connectivity index is 1.61. The average molecular weight is 454 g/mol. The summed E-state index contributed by atoms with van der Waals surface area (Å²) >= 11 is 0. The largest absolute Gasteiger partial charge is 0.366 e. The van der Waals surface area contributed by atoms with Crippen molar-refractivity contribution in [1.82, 2.24) is 10.6 Å². The number of rotatable bonds is 7. The Bertz CT molecular complexity index is 998. The third-order valence-electron chi connectivity index (χ3n) is 5.64. The molecule has 0 radical (unpaired) electrons. The molecule has 1 fully saturated rings. The van der Waals surface area contributed by atoms with Gasteiger partial charge in [0, 0.05) is 43.0 Å². The Kier molecular flexibility index (Phi) is 7.87. The van der Waals surface area contributed by atoms with Crippen LogP contribution in [0.25, 0.3) is 0 Å². The van der Waals surface area contributed by atoms with Crippen molar-refractivity contribution in [2.45, 2.75) is 46.2 Å². The van der Waals surface area contributed by atoms with Gasteiger partial charge in [-0.25, -0.2) is 4.79 Å². The van der Waals surface area contributed by atoms with Crippen molar-refractivity contribution < 1.29 is 14.5 Å². The SMILES string of the molecule is CC1CCN(c2ccc(C(=O)NCc3ccc(NC(=O)NC(C)C)cc3)cc2[N+](=O)[O-])CC1. The lowest BCUT2D eigenvalue weighted by molar-refractivity contribution is -0.384. The number of nitrogens with one attached hydrogen (secondary N) is 3. The van der Waals surface area contributed by atoms with E-state index in [1.165, 1.54) is 6.07 Å². The predicted molar refractivity (Wildman–Crippen MR) is 129 cm³/mol. The smallest absolute Gasteiger partial charge is 0.319 e. The molecule has 3 amide bonds. The zero-order valence-corrected chi connectivity index (χ0v) is 19.3. The van der Waals surface area contributed by atoms with Gasteiger partial charge in [-0.15, -0.1) is 0 Å². The number of nitro benzene ring substituents is 1. The summed E-state index contributed by atoms with van der Waals surface area (Å²) in [6, 6.07) is 11.5. The lowest BCUT2D eigenvalue weighted by Gasteiger charge is -2.31. The first kappa shape index (κ1) is 24.0. The molecule has 0 bridgehead atoms. The van der Waals surface area contributed by atoms with E-state index in [1.807, 2.05) is 18.7 Å². The van der Waals surface area contributed by atoms with Crippen LogP contribution >= 0.6 is 0 Å². The molecule has 176 valence electrons. The second kappa shape index (κ2) is 10.8. The summed E-state index contributed by atoms with van der Waals surface area (Å²) in [7, 11) is 0. The minimum absolute atomic E-state index is 0.0351. The number of hydrogen-bond donors (Lipinski definition) is 3. The van der Waals surface area contributed by atoms with Crippen LogP contribution in [0, 0.1) is 16.0 Å². The molecule has 0 atom stereocenters. The lowest BCUT2D eigenvalue weighted by atomic mass is 9.98. The van der Waals surface area contributed by atoms with Crippen LogP contribution in [0.5, 0.6) is 0 Å². The van der Waals surface area contributed by atoms with Crippen LogP contribution in [0.3, 0.4) is 0 Å². The molecule has 9 nitrogen and oxygen atoms in total. The van der Waals surface area contributed by atoms with E-state index in [9.17, 15) is 19.7 Å². The van der Waals surface area contributed by atoms with Crippen LogP contribution in [-0.4, -0.2) is 36.0 Å². The van der Waals surface area contributed by atoms with E-state index in [4.69, 9.17) is 0 Å². The molecule has 1 saturated heterocycles. The van der Waals surface area contributed by atoms with Crippen LogP contribution in [0.4, 0.5) is 21.9 Å². The average Bonchev–Trinajstić information content (AvgIpc) is 2.78. The molecule has 0 aromatic heterocycles. The first-order valence-corrected chi connectivity index (χ1v) is 11.2. The third-order valence-corrected chi connectivity index (χ3v) is 5.64. The van der Waals surface area contributed by atoms with Gasteiger partial charge in [-0.3, -0.25) is 14.9 Å². The van der Waals surface area contributed by atoms with Crippen LogP contribution in [0.1, 0.15) is 49.5 Å². The fraction of sp³-hybridized carbons (Fsp3) is 0.417. The molecule has 0 saturated carbocycles.